The minimum atomic E-state index is 0.170. The van der Waals surface area contributed by atoms with Crippen molar-refractivity contribution in [2.45, 2.75) is 13.8 Å². The summed E-state index contributed by atoms with van der Waals surface area (Å²) in [6.07, 6.45) is 1.64. The third-order valence-corrected chi connectivity index (χ3v) is 2.18. The van der Waals surface area contributed by atoms with Gasteiger partial charge in [0.15, 0.2) is 0 Å². The average Bonchev–Trinajstić information content (AvgIpc) is 2.32. The Labute approximate surface area is 105 Å². The lowest BCUT2D eigenvalue weighted by molar-refractivity contribution is 0.460. The van der Waals surface area contributed by atoms with Gasteiger partial charge >= 0.3 is 0 Å². The number of nitrogens with one attached hydrogen (secondary N) is 1. The molecule has 0 aromatic carbocycles. The molecule has 0 atom stereocenters. The third kappa shape index (κ3) is 3.07. The van der Waals surface area contributed by atoms with E-state index < -0.39 is 0 Å². The molecule has 0 fully saturated rings. The van der Waals surface area contributed by atoms with E-state index >= 15 is 0 Å². The van der Waals surface area contributed by atoms with Crippen LogP contribution in [0.4, 0.5) is 11.8 Å². The molecule has 0 aliphatic carbocycles. The lowest BCUT2D eigenvalue weighted by Crippen LogP contribution is -2.04. The molecule has 6 nitrogen and oxygen atoms in total. The van der Waals surface area contributed by atoms with Crippen LogP contribution in [0.25, 0.3) is 0 Å². The van der Waals surface area contributed by atoms with Gasteiger partial charge < -0.3 is 15.8 Å². The minimum absolute atomic E-state index is 0.170. The molecule has 2 rings (SSSR count). The van der Waals surface area contributed by atoms with Crippen molar-refractivity contribution in [2.75, 3.05) is 17.6 Å². The average molecular weight is 245 g/mol. The van der Waals surface area contributed by atoms with Gasteiger partial charge in [0.1, 0.15) is 11.6 Å². The molecule has 2 heterocycles. The summed E-state index contributed by atoms with van der Waals surface area (Å²) in [6.45, 7) is 4.64. The van der Waals surface area contributed by atoms with E-state index in [9.17, 15) is 0 Å². The highest BCUT2D eigenvalue weighted by Gasteiger charge is 2.04. The number of rotatable bonds is 4. The number of aromatic nitrogens is 3. The minimum Gasteiger partial charge on any atom is -0.437 e. The van der Waals surface area contributed by atoms with Gasteiger partial charge in [0.2, 0.25) is 11.8 Å². The molecule has 2 aromatic rings. The number of nitrogens with zero attached hydrogens (tertiary/aromatic N) is 3. The quantitative estimate of drug-likeness (QED) is 0.856. The molecule has 0 spiro atoms. The van der Waals surface area contributed by atoms with Gasteiger partial charge in [-0.05, 0) is 26.0 Å². The first kappa shape index (κ1) is 12.1. The molecular weight excluding hydrogens is 230 g/mol. The standard InChI is InChI=1S/C12H15N5O/c1-3-14-10-6-11(17-12(13)16-10)18-9-5-4-8(2)15-7-9/h4-7H,3H2,1-2H3,(H3,13,14,16,17). The van der Waals surface area contributed by atoms with Gasteiger partial charge in [-0.1, -0.05) is 0 Å². The molecule has 0 amide bonds. The first-order valence-electron chi connectivity index (χ1n) is 5.66. The van der Waals surface area contributed by atoms with Gasteiger partial charge in [-0.25, -0.2) is 0 Å². The van der Waals surface area contributed by atoms with Crippen LogP contribution in [0.5, 0.6) is 11.6 Å². The highest BCUT2D eigenvalue weighted by Crippen LogP contribution is 2.21. The van der Waals surface area contributed by atoms with Crippen LogP contribution in [0.1, 0.15) is 12.6 Å². The van der Waals surface area contributed by atoms with Crippen molar-refractivity contribution in [2.24, 2.45) is 0 Å². The summed E-state index contributed by atoms with van der Waals surface area (Å²) < 4.78 is 5.57. The summed E-state index contributed by atoms with van der Waals surface area (Å²) in [5, 5.41) is 3.06. The molecule has 3 N–H and O–H groups in total. The van der Waals surface area contributed by atoms with Crippen LogP contribution in [0.2, 0.25) is 0 Å². The predicted octanol–water partition coefficient (Wildman–Crippen LogP) is 1.99. The molecule has 0 aliphatic heterocycles. The Hall–Kier alpha value is -2.37. The van der Waals surface area contributed by atoms with E-state index in [4.69, 9.17) is 10.5 Å². The topological polar surface area (TPSA) is 86.0 Å². The zero-order valence-corrected chi connectivity index (χ0v) is 10.3. The van der Waals surface area contributed by atoms with Gasteiger partial charge in [0, 0.05) is 18.3 Å². The maximum Gasteiger partial charge on any atom is 0.226 e. The van der Waals surface area contributed by atoms with E-state index in [1.165, 1.54) is 0 Å². The van der Waals surface area contributed by atoms with E-state index in [0.29, 0.717) is 17.4 Å². The van der Waals surface area contributed by atoms with Gasteiger partial charge in [0.05, 0.1) is 6.20 Å². The third-order valence-electron chi connectivity index (χ3n) is 2.18. The highest BCUT2D eigenvalue weighted by atomic mass is 16.5. The summed E-state index contributed by atoms with van der Waals surface area (Å²) in [4.78, 5) is 12.2. The lowest BCUT2D eigenvalue weighted by Gasteiger charge is -2.07. The van der Waals surface area contributed by atoms with E-state index in [1.807, 2.05) is 26.0 Å². The second-order valence-electron chi connectivity index (χ2n) is 3.72. The van der Waals surface area contributed by atoms with Crippen molar-refractivity contribution in [3.63, 3.8) is 0 Å². The maximum absolute atomic E-state index is 5.61. The smallest absolute Gasteiger partial charge is 0.226 e. The Kier molecular flexibility index (Phi) is 3.57. The monoisotopic (exact) mass is 245 g/mol. The predicted molar refractivity (Wildman–Crippen MR) is 69.7 cm³/mol. The Balaban J connectivity index is 2.20. The Morgan fingerprint density at radius 3 is 2.83 bits per heavy atom. The first-order chi connectivity index (χ1) is 8.67. The number of nitrogen functional groups attached to an aromatic ring is 1. The SMILES string of the molecule is CCNc1cc(Oc2ccc(C)nc2)nc(N)n1. The molecule has 0 saturated carbocycles. The normalized spacial score (nSPS) is 10.1. The van der Waals surface area contributed by atoms with Crippen molar-refractivity contribution in [1.29, 1.82) is 0 Å². The van der Waals surface area contributed by atoms with E-state index in [2.05, 4.69) is 20.3 Å². The molecule has 94 valence electrons. The van der Waals surface area contributed by atoms with E-state index in [1.54, 1.807) is 12.3 Å². The second-order valence-corrected chi connectivity index (χ2v) is 3.72. The van der Waals surface area contributed by atoms with Crippen molar-refractivity contribution >= 4 is 11.8 Å². The Bertz CT molecular complexity index is 526. The number of hydrogen-bond acceptors (Lipinski definition) is 6. The van der Waals surface area contributed by atoms with Gasteiger partial charge in [-0.2, -0.15) is 9.97 Å². The van der Waals surface area contributed by atoms with Crippen molar-refractivity contribution in [3.8, 4) is 11.6 Å². The van der Waals surface area contributed by atoms with Crippen LogP contribution in [0, 0.1) is 6.92 Å². The summed E-state index contributed by atoms with van der Waals surface area (Å²) >= 11 is 0. The fraction of sp³-hybridized carbons (Fsp3) is 0.250. The van der Waals surface area contributed by atoms with Crippen molar-refractivity contribution in [3.05, 3.63) is 30.1 Å². The van der Waals surface area contributed by atoms with E-state index in [0.717, 1.165) is 12.2 Å². The van der Waals surface area contributed by atoms with Crippen LogP contribution >= 0.6 is 0 Å². The van der Waals surface area contributed by atoms with Crippen LogP contribution < -0.4 is 15.8 Å². The number of nitrogens with two attached hydrogens (primary N) is 1. The Morgan fingerprint density at radius 2 is 2.17 bits per heavy atom. The van der Waals surface area contributed by atoms with Crippen LogP contribution in [-0.4, -0.2) is 21.5 Å². The van der Waals surface area contributed by atoms with Crippen LogP contribution in [0.3, 0.4) is 0 Å². The van der Waals surface area contributed by atoms with Gasteiger partial charge in [-0.15, -0.1) is 0 Å². The summed E-state index contributed by atoms with van der Waals surface area (Å²) in [5.41, 5.74) is 6.54. The second kappa shape index (κ2) is 5.31. The number of aryl methyl sites for hydroxylation is 1. The highest BCUT2D eigenvalue weighted by molar-refractivity contribution is 5.43. The summed E-state index contributed by atoms with van der Waals surface area (Å²) in [7, 11) is 0. The number of anilines is 2. The molecular formula is C12H15N5O. The lowest BCUT2D eigenvalue weighted by atomic mass is 10.4. The summed E-state index contributed by atoms with van der Waals surface area (Å²) in [5.74, 6) is 1.81. The fourth-order valence-corrected chi connectivity index (χ4v) is 1.40. The largest absolute Gasteiger partial charge is 0.437 e. The van der Waals surface area contributed by atoms with Crippen molar-refractivity contribution < 1.29 is 4.74 Å². The fourth-order valence-electron chi connectivity index (χ4n) is 1.40. The first-order valence-corrected chi connectivity index (χ1v) is 5.66. The zero-order valence-electron chi connectivity index (χ0n) is 10.3. The van der Waals surface area contributed by atoms with Crippen molar-refractivity contribution in [1.82, 2.24) is 15.0 Å². The molecule has 0 radical (unpaired) electrons. The Morgan fingerprint density at radius 1 is 1.33 bits per heavy atom. The van der Waals surface area contributed by atoms with Gasteiger partial charge in [-0.3, -0.25) is 4.98 Å². The zero-order chi connectivity index (χ0) is 13.0. The van der Waals surface area contributed by atoms with Crippen LogP contribution in [0.15, 0.2) is 24.4 Å². The molecule has 0 bridgehead atoms. The molecule has 2 aromatic heterocycles. The van der Waals surface area contributed by atoms with Crippen LogP contribution in [-0.2, 0) is 0 Å². The maximum atomic E-state index is 5.61. The molecule has 0 aliphatic rings. The molecule has 6 heteroatoms. The summed E-state index contributed by atoms with van der Waals surface area (Å²) in [6, 6.07) is 5.39. The number of hydrogen-bond donors (Lipinski definition) is 2. The van der Waals surface area contributed by atoms with E-state index in [-0.39, 0.29) is 5.95 Å². The molecule has 0 unspecified atom stereocenters. The molecule has 18 heavy (non-hydrogen) atoms. The number of ether oxygens (including phenoxy) is 1. The van der Waals surface area contributed by atoms with Gasteiger partial charge in [0.25, 0.3) is 0 Å². The molecule has 0 saturated heterocycles. The number of pyridine rings is 1.